The number of carbonyl (C=O) groups excluding carboxylic acids is 1. The van der Waals surface area contributed by atoms with Crippen molar-refractivity contribution in [2.75, 3.05) is 47.2 Å². The van der Waals surface area contributed by atoms with Crippen molar-refractivity contribution in [2.45, 2.75) is 25.4 Å². The Bertz CT molecular complexity index is 809. The fourth-order valence-corrected chi connectivity index (χ4v) is 4.03. The van der Waals surface area contributed by atoms with Crippen LogP contribution in [0.15, 0.2) is 36.5 Å². The zero-order valence-electron chi connectivity index (χ0n) is 15.4. The van der Waals surface area contributed by atoms with Gasteiger partial charge >= 0.3 is 0 Å². The van der Waals surface area contributed by atoms with E-state index >= 15 is 0 Å². The van der Waals surface area contributed by atoms with Gasteiger partial charge in [0.15, 0.2) is 5.82 Å². The lowest BCUT2D eigenvalue weighted by Crippen LogP contribution is -2.43. The van der Waals surface area contributed by atoms with Crippen molar-refractivity contribution in [2.24, 2.45) is 0 Å². The van der Waals surface area contributed by atoms with E-state index in [-0.39, 0.29) is 0 Å². The molecule has 6 heteroatoms. The van der Waals surface area contributed by atoms with E-state index < -0.39 is 0 Å². The van der Waals surface area contributed by atoms with Crippen LogP contribution in [-0.2, 0) is 11.3 Å². The van der Waals surface area contributed by atoms with Crippen LogP contribution in [0.2, 0.25) is 0 Å². The third kappa shape index (κ3) is 2.96. The molecule has 2 bridgehead atoms. The van der Waals surface area contributed by atoms with E-state index in [1.54, 1.807) is 18.1 Å². The Labute approximate surface area is 154 Å². The molecule has 0 saturated carbocycles. The molecule has 6 nitrogen and oxygen atoms in total. The molecule has 1 fully saturated rings. The normalized spacial score (nSPS) is 19.1. The van der Waals surface area contributed by atoms with Gasteiger partial charge in [-0.25, -0.2) is 4.98 Å². The molecule has 0 radical (unpaired) electrons. The first kappa shape index (κ1) is 16.7. The van der Waals surface area contributed by atoms with E-state index in [2.05, 4.69) is 57.5 Å². The van der Waals surface area contributed by atoms with Gasteiger partial charge in [0.25, 0.3) is 0 Å². The number of rotatable bonds is 2. The Morgan fingerprint density at radius 1 is 1.31 bits per heavy atom. The second kappa shape index (κ2) is 6.86. The fraction of sp³-hybridized carbons (Fsp3) is 0.400. The minimum absolute atomic E-state index is 0.418. The van der Waals surface area contributed by atoms with Crippen LogP contribution in [0, 0.1) is 0 Å². The lowest BCUT2D eigenvalue weighted by atomic mass is 10.0. The molecule has 136 valence electrons. The molecular formula is C20H25N5O. The number of amides is 1. The Hall–Kier alpha value is -2.76. The van der Waals surface area contributed by atoms with Gasteiger partial charge in [0, 0.05) is 51.7 Å². The predicted molar refractivity (Wildman–Crippen MR) is 106 cm³/mol. The Morgan fingerprint density at radius 2 is 2.15 bits per heavy atom. The molecular weight excluding hydrogens is 326 g/mol. The maximum atomic E-state index is 11.4. The largest absolute Gasteiger partial charge is 0.380 e. The fourth-order valence-electron chi connectivity index (χ4n) is 4.03. The summed E-state index contributed by atoms with van der Waals surface area (Å²) in [6.45, 7) is 2.72. The average molecular weight is 351 g/mol. The number of fused-ring (bicyclic) bond motifs is 5. The number of hydrogen-bond donors (Lipinski definition) is 1. The van der Waals surface area contributed by atoms with Crippen LogP contribution in [0.25, 0.3) is 0 Å². The number of para-hydroxylation sites is 1. The SMILES string of the molecule is CN(C=O)c1nccc2c1N(C)Cc1ccccc1NC1CCCN2C1. The van der Waals surface area contributed by atoms with Crippen molar-refractivity contribution >= 4 is 29.3 Å². The van der Waals surface area contributed by atoms with E-state index in [1.807, 2.05) is 0 Å². The Kier molecular flexibility index (Phi) is 4.41. The van der Waals surface area contributed by atoms with Crippen molar-refractivity contribution in [3.05, 3.63) is 42.1 Å². The van der Waals surface area contributed by atoms with Crippen LogP contribution in [0.5, 0.6) is 0 Å². The van der Waals surface area contributed by atoms with E-state index in [1.165, 1.54) is 17.7 Å². The molecule has 1 N–H and O–H groups in total. The number of nitrogens with zero attached hydrogens (tertiary/aromatic N) is 4. The van der Waals surface area contributed by atoms with Gasteiger partial charge in [-0.3, -0.25) is 4.79 Å². The van der Waals surface area contributed by atoms with Gasteiger partial charge < -0.3 is 20.0 Å². The standard InChI is InChI=1S/C20H25N5O/c1-23-12-15-6-3-4-8-17(15)22-16-7-5-11-25(13-16)18-9-10-21-20(19(18)23)24(2)14-26/h3-4,6,8-10,14,16,22H,5,7,11-13H2,1-2H3. The number of pyridine rings is 1. The number of benzene rings is 1. The number of anilines is 4. The Balaban J connectivity index is 1.87. The topological polar surface area (TPSA) is 51.7 Å². The molecule has 3 heterocycles. The number of carbonyl (C=O) groups is 1. The van der Waals surface area contributed by atoms with Crippen LogP contribution in [0.3, 0.4) is 0 Å². The van der Waals surface area contributed by atoms with Crippen LogP contribution in [0.1, 0.15) is 18.4 Å². The molecule has 1 amide bonds. The van der Waals surface area contributed by atoms with Crippen LogP contribution in [-0.4, -0.2) is 44.6 Å². The summed E-state index contributed by atoms with van der Waals surface area (Å²) in [4.78, 5) is 22.1. The minimum atomic E-state index is 0.418. The first-order valence-electron chi connectivity index (χ1n) is 9.15. The summed E-state index contributed by atoms with van der Waals surface area (Å²) < 4.78 is 0. The maximum Gasteiger partial charge on any atom is 0.215 e. The van der Waals surface area contributed by atoms with Gasteiger partial charge in [0.2, 0.25) is 6.41 Å². The summed E-state index contributed by atoms with van der Waals surface area (Å²) in [5.74, 6) is 0.702. The van der Waals surface area contributed by atoms with Crippen LogP contribution in [0.4, 0.5) is 22.9 Å². The van der Waals surface area contributed by atoms with Gasteiger partial charge in [-0.2, -0.15) is 0 Å². The molecule has 1 unspecified atom stereocenters. The van der Waals surface area contributed by atoms with Gasteiger partial charge in [-0.15, -0.1) is 0 Å². The predicted octanol–water partition coefficient (Wildman–Crippen LogP) is 2.70. The van der Waals surface area contributed by atoms with Crippen molar-refractivity contribution in [3.63, 3.8) is 0 Å². The average Bonchev–Trinajstić information content (AvgIpc) is 2.68. The summed E-state index contributed by atoms with van der Waals surface area (Å²) in [6.07, 6.45) is 4.94. The third-order valence-electron chi connectivity index (χ3n) is 5.30. The summed E-state index contributed by atoms with van der Waals surface area (Å²) in [6, 6.07) is 11.0. The molecule has 2 aliphatic rings. The lowest BCUT2D eigenvalue weighted by Gasteiger charge is -2.40. The van der Waals surface area contributed by atoms with Gasteiger partial charge in [-0.1, -0.05) is 18.2 Å². The first-order valence-corrected chi connectivity index (χ1v) is 9.15. The number of aromatic nitrogens is 1. The van der Waals surface area contributed by atoms with Crippen LogP contribution >= 0.6 is 0 Å². The van der Waals surface area contributed by atoms with E-state index in [9.17, 15) is 4.79 Å². The summed E-state index contributed by atoms with van der Waals surface area (Å²) in [5.41, 5.74) is 4.61. The highest BCUT2D eigenvalue weighted by molar-refractivity contribution is 5.88. The molecule has 1 saturated heterocycles. The molecule has 0 aliphatic carbocycles. The quantitative estimate of drug-likeness (QED) is 0.843. The zero-order chi connectivity index (χ0) is 18.1. The van der Waals surface area contributed by atoms with Gasteiger partial charge in [0.05, 0.1) is 5.69 Å². The monoisotopic (exact) mass is 351 g/mol. The van der Waals surface area contributed by atoms with Crippen molar-refractivity contribution in [3.8, 4) is 0 Å². The van der Waals surface area contributed by atoms with Crippen molar-refractivity contribution < 1.29 is 4.79 Å². The van der Waals surface area contributed by atoms with E-state index in [0.717, 1.165) is 43.8 Å². The third-order valence-corrected chi connectivity index (χ3v) is 5.30. The summed E-state index contributed by atoms with van der Waals surface area (Å²) >= 11 is 0. The molecule has 4 rings (SSSR count). The highest BCUT2D eigenvalue weighted by Gasteiger charge is 2.27. The van der Waals surface area contributed by atoms with E-state index in [4.69, 9.17) is 0 Å². The zero-order valence-corrected chi connectivity index (χ0v) is 15.4. The van der Waals surface area contributed by atoms with Gasteiger partial charge in [0.1, 0.15) is 5.69 Å². The number of piperidine rings is 1. The molecule has 1 aromatic carbocycles. The summed E-state index contributed by atoms with van der Waals surface area (Å²) in [5, 5.41) is 3.75. The molecule has 2 aromatic rings. The van der Waals surface area contributed by atoms with Crippen molar-refractivity contribution in [1.29, 1.82) is 0 Å². The molecule has 26 heavy (non-hydrogen) atoms. The first-order chi connectivity index (χ1) is 12.7. The number of nitrogens with one attached hydrogen (secondary N) is 1. The Morgan fingerprint density at radius 3 is 3.00 bits per heavy atom. The van der Waals surface area contributed by atoms with Crippen molar-refractivity contribution in [1.82, 2.24) is 4.98 Å². The second-order valence-electron chi connectivity index (χ2n) is 7.16. The van der Waals surface area contributed by atoms with Gasteiger partial charge in [-0.05, 0) is 30.5 Å². The van der Waals surface area contributed by atoms with E-state index in [0.29, 0.717) is 11.9 Å². The highest BCUT2D eigenvalue weighted by Crippen LogP contribution is 2.39. The lowest BCUT2D eigenvalue weighted by molar-refractivity contribution is -0.107. The van der Waals surface area contributed by atoms with Crippen LogP contribution < -0.4 is 20.0 Å². The maximum absolute atomic E-state index is 11.4. The molecule has 1 aromatic heterocycles. The second-order valence-corrected chi connectivity index (χ2v) is 7.16. The smallest absolute Gasteiger partial charge is 0.215 e. The molecule has 2 aliphatic heterocycles. The molecule has 1 atom stereocenters. The number of hydrogen-bond acceptors (Lipinski definition) is 5. The molecule has 0 spiro atoms. The summed E-state index contributed by atoms with van der Waals surface area (Å²) in [7, 11) is 3.83. The minimum Gasteiger partial charge on any atom is -0.380 e. The highest BCUT2D eigenvalue weighted by atomic mass is 16.1.